The number of rotatable bonds is 6. The molecule has 0 bridgehead atoms. The van der Waals surface area contributed by atoms with Crippen molar-refractivity contribution < 1.29 is 9.47 Å². The SMILES string of the molecule is COC[C@H](NC[C@@H]1CCCCO1)c1ccccc1. The first-order chi connectivity index (χ1) is 8.90. The molecule has 0 unspecified atom stereocenters. The molecule has 1 aromatic rings. The Bertz CT molecular complexity index is 323. The first-order valence-corrected chi connectivity index (χ1v) is 6.79. The van der Waals surface area contributed by atoms with E-state index < -0.39 is 0 Å². The van der Waals surface area contributed by atoms with E-state index in [0.717, 1.165) is 13.2 Å². The van der Waals surface area contributed by atoms with Crippen molar-refractivity contribution in [1.29, 1.82) is 0 Å². The third-order valence-electron chi connectivity index (χ3n) is 3.40. The van der Waals surface area contributed by atoms with Gasteiger partial charge in [0.15, 0.2) is 0 Å². The summed E-state index contributed by atoms with van der Waals surface area (Å²) in [6.07, 6.45) is 4.02. The maximum absolute atomic E-state index is 5.74. The maximum atomic E-state index is 5.74. The average molecular weight is 249 g/mol. The fraction of sp³-hybridized carbons (Fsp3) is 0.600. The quantitative estimate of drug-likeness (QED) is 0.840. The molecule has 2 rings (SSSR count). The van der Waals surface area contributed by atoms with Crippen LogP contribution < -0.4 is 5.32 Å². The highest BCUT2D eigenvalue weighted by molar-refractivity contribution is 5.18. The van der Waals surface area contributed by atoms with Crippen molar-refractivity contribution in [1.82, 2.24) is 5.32 Å². The molecule has 0 amide bonds. The van der Waals surface area contributed by atoms with E-state index in [2.05, 4.69) is 29.6 Å². The van der Waals surface area contributed by atoms with Gasteiger partial charge in [-0.2, -0.15) is 0 Å². The molecule has 0 saturated carbocycles. The second-order valence-corrected chi connectivity index (χ2v) is 4.82. The van der Waals surface area contributed by atoms with Crippen LogP contribution in [-0.2, 0) is 9.47 Å². The summed E-state index contributed by atoms with van der Waals surface area (Å²) in [5.74, 6) is 0. The number of hydrogen-bond donors (Lipinski definition) is 1. The van der Waals surface area contributed by atoms with Crippen LogP contribution in [0.1, 0.15) is 30.9 Å². The summed E-state index contributed by atoms with van der Waals surface area (Å²) in [6, 6.07) is 10.7. The largest absolute Gasteiger partial charge is 0.383 e. The van der Waals surface area contributed by atoms with Crippen molar-refractivity contribution in [3.05, 3.63) is 35.9 Å². The predicted molar refractivity (Wildman–Crippen MR) is 72.7 cm³/mol. The Kier molecular flexibility index (Phi) is 5.65. The molecule has 1 aromatic carbocycles. The van der Waals surface area contributed by atoms with Crippen LogP contribution in [0.5, 0.6) is 0 Å². The van der Waals surface area contributed by atoms with Crippen molar-refractivity contribution >= 4 is 0 Å². The molecule has 3 heteroatoms. The molecule has 1 aliphatic heterocycles. The van der Waals surface area contributed by atoms with Gasteiger partial charge in [-0.3, -0.25) is 0 Å². The average Bonchev–Trinajstić information content (AvgIpc) is 2.45. The number of nitrogens with one attached hydrogen (secondary N) is 1. The molecule has 100 valence electrons. The monoisotopic (exact) mass is 249 g/mol. The van der Waals surface area contributed by atoms with E-state index in [1.807, 2.05) is 6.07 Å². The summed E-state index contributed by atoms with van der Waals surface area (Å²) in [5.41, 5.74) is 1.27. The van der Waals surface area contributed by atoms with Crippen LogP contribution in [0.4, 0.5) is 0 Å². The van der Waals surface area contributed by atoms with Crippen LogP contribution in [0, 0.1) is 0 Å². The third-order valence-corrected chi connectivity index (χ3v) is 3.40. The molecule has 1 heterocycles. The zero-order chi connectivity index (χ0) is 12.6. The Labute approximate surface area is 109 Å². The van der Waals surface area contributed by atoms with Crippen LogP contribution >= 0.6 is 0 Å². The van der Waals surface area contributed by atoms with E-state index >= 15 is 0 Å². The van der Waals surface area contributed by atoms with Gasteiger partial charge in [-0.25, -0.2) is 0 Å². The molecule has 2 atom stereocenters. The Balaban J connectivity index is 1.86. The minimum atomic E-state index is 0.252. The Morgan fingerprint density at radius 3 is 2.83 bits per heavy atom. The molecule has 1 fully saturated rings. The molecular formula is C15H23NO2. The summed E-state index contributed by atoms with van der Waals surface area (Å²) in [6.45, 7) is 2.51. The second-order valence-electron chi connectivity index (χ2n) is 4.82. The summed E-state index contributed by atoms with van der Waals surface area (Å²) in [4.78, 5) is 0. The van der Waals surface area contributed by atoms with Crippen LogP contribution in [0.2, 0.25) is 0 Å². The van der Waals surface area contributed by atoms with Gasteiger partial charge in [0.25, 0.3) is 0 Å². The minimum Gasteiger partial charge on any atom is -0.383 e. The fourth-order valence-corrected chi connectivity index (χ4v) is 2.37. The van der Waals surface area contributed by atoms with Crippen molar-refractivity contribution in [2.24, 2.45) is 0 Å². The molecule has 1 N–H and O–H groups in total. The molecule has 0 spiro atoms. The fourth-order valence-electron chi connectivity index (χ4n) is 2.37. The lowest BCUT2D eigenvalue weighted by molar-refractivity contribution is 0.0134. The van der Waals surface area contributed by atoms with Crippen molar-refractivity contribution in [3.8, 4) is 0 Å². The summed E-state index contributed by atoms with van der Waals surface area (Å²) < 4.78 is 11.0. The Morgan fingerprint density at radius 2 is 2.17 bits per heavy atom. The van der Waals surface area contributed by atoms with Crippen LogP contribution in [0.15, 0.2) is 30.3 Å². The first kappa shape index (κ1) is 13.5. The lowest BCUT2D eigenvalue weighted by Gasteiger charge is -2.26. The van der Waals surface area contributed by atoms with Gasteiger partial charge in [-0.15, -0.1) is 0 Å². The smallest absolute Gasteiger partial charge is 0.0699 e. The summed E-state index contributed by atoms with van der Waals surface area (Å²) in [7, 11) is 1.74. The van der Waals surface area contributed by atoms with Gasteiger partial charge in [-0.1, -0.05) is 30.3 Å². The van der Waals surface area contributed by atoms with Gasteiger partial charge in [0.2, 0.25) is 0 Å². The topological polar surface area (TPSA) is 30.5 Å². The number of hydrogen-bond acceptors (Lipinski definition) is 3. The van der Waals surface area contributed by atoms with Crippen LogP contribution in [0.25, 0.3) is 0 Å². The maximum Gasteiger partial charge on any atom is 0.0699 e. The number of methoxy groups -OCH3 is 1. The lowest BCUT2D eigenvalue weighted by Crippen LogP contribution is -2.35. The molecule has 0 radical (unpaired) electrons. The molecule has 0 aliphatic carbocycles. The summed E-state index contributed by atoms with van der Waals surface area (Å²) in [5, 5.41) is 3.56. The summed E-state index contributed by atoms with van der Waals surface area (Å²) >= 11 is 0. The number of ether oxygens (including phenoxy) is 2. The van der Waals surface area contributed by atoms with Gasteiger partial charge < -0.3 is 14.8 Å². The molecule has 0 aromatic heterocycles. The highest BCUT2D eigenvalue weighted by atomic mass is 16.5. The van der Waals surface area contributed by atoms with E-state index in [-0.39, 0.29) is 6.04 Å². The van der Waals surface area contributed by atoms with E-state index in [9.17, 15) is 0 Å². The molecular weight excluding hydrogens is 226 g/mol. The van der Waals surface area contributed by atoms with E-state index in [0.29, 0.717) is 12.7 Å². The normalized spacial score (nSPS) is 21.7. The number of benzene rings is 1. The Morgan fingerprint density at radius 1 is 1.33 bits per heavy atom. The van der Waals surface area contributed by atoms with E-state index in [1.165, 1.54) is 24.8 Å². The Hall–Kier alpha value is -0.900. The highest BCUT2D eigenvalue weighted by Gasteiger charge is 2.16. The first-order valence-electron chi connectivity index (χ1n) is 6.79. The highest BCUT2D eigenvalue weighted by Crippen LogP contribution is 2.16. The van der Waals surface area contributed by atoms with Gasteiger partial charge >= 0.3 is 0 Å². The van der Waals surface area contributed by atoms with Gasteiger partial charge in [0.05, 0.1) is 18.8 Å². The van der Waals surface area contributed by atoms with E-state index in [4.69, 9.17) is 9.47 Å². The van der Waals surface area contributed by atoms with Crippen LogP contribution in [-0.4, -0.2) is 33.0 Å². The van der Waals surface area contributed by atoms with E-state index in [1.54, 1.807) is 7.11 Å². The van der Waals surface area contributed by atoms with Crippen LogP contribution in [0.3, 0.4) is 0 Å². The molecule has 18 heavy (non-hydrogen) atoms. The zero-order valence-corrected chi connectivity index (χ0v) is 11.1. The second kappa shape index (κ2) is 7.52. The predicted octanol–water partition coefficient (Wildman–Crippen LogP) is 2.53. The van der Waals surface area contributed by atoms with Crippen molar-refractivity contribution in [2.75, 3.05) is 26.9 Å². The lowest BCUT2D eigenvalue weighted by atomic mass is 10.1. The van der Waals surface area contributed by atoms with Gasteiger partial charge in [-0.05, 0) is 24.8 Å². The standard InChI is InChI=1S/C15H23NO2/c1-17-12-15(13-7-3-2-4-8-13)16-11-14-9-5-6-10-18-14/h2-4,7-8,14-16H,5-6,9-12H2,1H3/t14-,15-/m0/s1. The van der Waals surface area contributed by atoms with Crippen molar-refractivity contribution in [3.63, 3.8) is 0 Å². The zero-order valence-electron chi connectivity index (χ0n) is 11.1. The minimum absolute atomic E-state index is 0.252. The third kappa shape index (κ3) is 4.09. The van der Waals surface area contributed by atoms with Gasteiger partial charge in [0, 0.05) is 20.3 Å². The molecule has 1 saturated heterocycles. The molecule has 1 aliphatic rings. The van der Waals surface area contributed by atoms with Crippen molar-refractivity contribution in [2.45, 2.75) is 31.4 Å². The van der Waals surface area contributed by atoms with Gasteiger partial charge in [0.1, 0.15) is 0 Å². The molecule has 3 nitrogen and oxygen atoms in total.